The number of benzene rings is 3. The quantitative estimate of drug-likeness (QED) is 0.0884. The molecule has 2 fully saturated rings. The predicted molar refractivity (Wildman–Crippen MR) is 278 cm³/mol. The van der Waals surface area contributed by atoms with Gasteiger partial charge in [-0.15, -0.1) is 21.5 Å². The van der Waals surface area contributed by atoms with Crippen LogP contribution < -0.4 is 16.0 Å². The number of carboxylic acids is 1. The number of rotatable bonds is 14. The number of nitrogens with zero attached hydrogens (tertiary/aromatic N) is 9. The van der Waals surface area contributed by atoms with Crippen molar-refractivity contribution in [3.8, 4) is 16.1 Å². The first kappa shape index (κ1) is 50.2. The first-order valence-corrected chi connectivity index (χ1v) is 26.1. The molecule has 2 aliphatic heterocycles. The molecule has 0 spiro atoms. The highest BCUT2D eigenvalue weighted by molar-refractivity contribution is 7.15. The molecule has 4 amide bonds. The van der Waals surface area contributed by atoms with Crippen molar-refractivity contribution in [2.24, 2.45) is 23.9 Å². The van der Waals surface area contributed by atoms with Gasteiger partial charge in [-0.1, -0.05) is 35.9 Å². The number of thiophene rings is 1. The van der Waals surface area contributed by atoms with E-state index in [0.29, 0.717) is 89.3 Å². The third kappa shape index (κ3) is 10.0. The molecule has 0 bridgehead atoms. The molecule has 384 valence electrons. The number of aromatic nitrogens is 7. The van der Waals surface area contributed by atoms with E-state index >= 15 is 4.39 Å². The summed E-state index contributed by atoms with van der Waals surface area (Å²) >= 11 is 7.95. The van der Waals surface area contributed by atoms with Crippen LogP contribution >= 0.6 is 22.9 Å². The number of carboxylic acid groups (broad SMARTS) is 1. The number of aryl methyl sites for hydroxylation is 3. The highest BCUT2D eigenvalue weighted by Crippen LogP contribution is 2.42. The zero-order valence-corrected chi connectivity index (χ0v) is 43.0. The Labute approximate surface area is 434 Å². The second-order valence-electron chi connectivity index (χ2n) is 19.6. The molecule has 0 unspecified atom stereocenters. The van der Waals surface area contributed by atoms with Gasteiger partial charge < -0.3 is 26.0 Å². The van der Waals surface area contributed by atoms with E-state index in [2.05, 4.69) is 45.1 Å². The van der Waals surface area contributed by atoms with Crippen molar-refractivity contribution in [3.05, 3.63) is 111 Å². The van der Waals surface area contributed by atoms with Crippen molar-refractivity contribution < 1.29 is 33.5 Å². The van der Waals surface area contributed by atoms with Crippen LogP contribution in [0.15, 0.2) is 65.8 Å². The number of likely N-dealkylation sites (tertiary alicyclic amines) is 1. The molecule has 1 saturated carbocycles. The van der Waals surface area contributed by atoms with Gasteiger partial charge in [0.15, 0.2) is 5.82 Å². The Morgan fingerprint density at radius 1 is 0.851 bits per heavy atom. The third-order valence-corrected chi connectivity index (χ3v) is 16.3. The third-order valence-electron chi connectivity index (χ3n) is 14.8. The Morgan fingerprint density at radius 3 is 2.34 bits per heavy atom. The monoisotopic (exact) mass is 1040 g/mol. The second-order valence-corrected chi connectivity index (χ2v) is 21.2. The molecule has 10 rings (SSSR count). The van der Waals surface area contributed by atoms with Gasteiger partial charge >= 0.3 is 5.97 Å². The number of carbonyl (C=O) groups excluding carboxylic acids is 4. The van der Waals surface area contributed by atoms with Crippen molar-refractivity contribution in [2.75, 3.05) is 32.7 Å². The number of piperidine rings is 1. The fourth-order valence-electron chi connectivity index (χ4n) is 10.8. The smallest absolute Gasteiger partial charge is 0.322 e. The van der Waals surface area contributed by atoms with Gasteiger partial charge in [0, 0.05) is 75.9 Å². The van der Waals surface area contributed by atoms with Gasteiger partial charge in [-0.25, -0.2) is 4.39 Å². The van der Waals surface area contributed by atoms with Crippen LogP contribution in [0.1, 0.15) is 95.8 Å². The van der Waals surface area contributed by atoms with Crippen molar-refractivity contribution in [1.29, 1.82) is 0 Å². The molecule has 74 heavy (non-hydrogen) atoms. The Bertz CT molecular complexity index is 3380. The zero-order valence-electron chi connectivity index (χ0n) is 41.5. The summed E-state index contributed by atoms with van der Waals surface area (Å²) in [5.74, 6) is -1.50. The number of hydrogen-bond acceptors (Lipinski definition) is 11. The van der Waals surface area contributed by atoms with Gasteiger partial charge in [0.05, 0.1) is 41.6 Å². The summed E-state index contributed by atoms with van der Waals surface area (Å²) < 4.78 is 21.3. The summed E-state index contributed by atoms with van der Waals surface area (Å²) in [4.78, 5) is 72.5. The minimum Gasteiger partial charge on any atom is -0.480 e. The van der Waals surface area contributed by atoms with E-state index in [9.17, 15) is 24.0 Å². The number of hydrogen-bond donors (Lipinski definition) is 4. The standard InChI is InChI=1S/C53H56ClFN12O6S/c1-28-29(2)74-53-47(28)49(32-12-14-36(54)15-13-32)60-40(51-62-61-30(3)67(51)53)22-43(68)56-23-31-8-10-34(11-9-31)52(73)65-18-16-33(17-19-65)50-48-37(38-21-42-35(20-39(38)55)24-59-64(42)4)6-5-7-41(48)66(63-50)27-45(70)57-25-44(69)58-26-46(71)72/h5-7,12-15,20-21,24,31,33-34,40H,8-11,16-19,22-23,25-27H2,1-4H3,(H,56,68)(H,57,70)(H,58,69)(H,71,72)/t31?,34?,40-/m0/s1. The molecule has 1 atom stereocenters. The maximum atomic E-state index is 16.0. The summed E-state index contributed by atoms with van der Waals surface area (Å²) in [5, 5.41) is 38.1. The van der Waals surface area contributed by atoms with Crippen LogP contribution in [0.25, 0.3) is 37.9 Å². The van der Waals surface area contributed by atoms with Crippen molar-refractivity contribution in [2.45, 2.75) is 84.2 Å². The topological polar surface area (TPSA) is 224 Å². The van der Waals surface area contributed by atoms with Gasteiger partial charge in [-0.2, -0.15) is 10.2 Å². The van der Waals surface area contributed by atoms with Gasteiger partial charge in [0.1, 0.15) is 35.8 Å². The average molecular weight is 1040 g/mol. The molecule has 6 heterocycles. The molecule has 4 aromatic heterocycles. The maximum Gasteiger partial charge on any atom is 0.322 e. The first-order valence-electron chi connectivity index (χ1n) is 24.9. The summed E-state index contributed by atoms with van der Waals surface area (Å²) in [5.41, 5.74) is 6.81. The summed E-state index contributed by atoms with van der Waals surface area (Å²) in [6.45, 7) is 6.35. The minimum absolute atomic E-state index is 0.0915. The SMILES string of the molecule is Cc1sc2c(c1C)C(c1ccc(Cl)cc1)=N[C@@H](CC(=O)NCC1CCC(C(=O)N3CCC(c4nn(CC(=O)NCC(=O)NCC(=O)O)c5cccc(-c6cc7c(cnn7C)cc6F)c45)CC3)CC1)c1nnc(C)n1-2. The van der Waals surface area contributed by atoms with Crippen molar-refractivity contribution in [3.63, 3.8) is 0 Å². The molecule has 3 aromatic carbocycles. The van der Waals surface area contributed by atoms with E-state index in [-0.39, 0.29) is 42.5 Å². The molecule has 3 aliphatic rings. The fraction of sp³-hybridized carbons (Fsp3) is 0.396. The molecule has 18 nitrogen and oxygen atoms in total. The lowest BCUT2D eigenvalue weighted by atomic mass is 9.80. The van der Waals surface area contributed by atoms with E-state index in [1.165, 1.54) is 10.9 Å². The molecule has 7 aromatic rings. The normalized spacial score (nSPS) is 17.9. The van der Waals surface area contributed by atoms with Crippen LogP contribution in [-0.2, 0) is 37.6 Å². The van der Waals surface area contributed by atoms with Gasteiger partial charge in [0.25, 0.3) is 0 Å². The first-order chi connectivity index (χ1) is 35.6. The van der Waals surface area contributed by atoms with E-state index in [4.69, 9.17) is 26.8 Å². The largest absolute Gasteiger partial charge is 0.480 e. The van der Waals surface area contributed by atoms with Crippen LogP contribution in [-0.4, -0.2) is 112 Å². The second kappa shape index (κ2) is 20.9. The maximum absolute atomic E-state index is 16.0. The lowest BCUT2D eigenvalue weighted by molar-refractivity contribution is -0.138. The highest BCUT2D eigenvalue weighted by Gasteiger charge is 2.36. The number of halogens is 2. The summed E-state index contributed by atoms with van der Waals surface area (Å²) in [7, 11) is 1.79. The van der Waals surface area contributed by atoms with Crippen molar-refractivity contribution >= 4 is 80.1 Å². The Kier molecular flexibility index (Phi) is 14.2. The molecule has 0 radical (unpaired) electrons. The van der Waals surface area contributed by atoms with Crippen LogP contribution in [0.5, 0.6) is 0 Å². The van der Waals surface area contributed by atoms with Gasteiger partial charge in [-0.05, 0) is 107 Å². The number of nitrogens with one attached hydrogen (secondary N) is 3. The van der Waals surface area contributed by atoms with E-state index in [1.807, 2.05) is 52.8 Å². The lowest BCUT2D eigenvalue weighted by Gasteiger charge is -2.36. The lowest BCUT2D eigenvalue weighted by Crippen LogP contribution is -2.43. The predicted octanol–water partition coefficient (Wildman–Crippen LogP) is 6.88. The molecule has 4 N–H and O–H groups in total. The molecular formula is C53H56ClFN12O6S. The number of amides is 4. The fourth-order valence-corrected chi connectivity index (χ4v) is 12.1. The summed E-state index contributed by atoms with van der Waals surface area (Å²) in [6, 6.07) is 15.7. The molecule has 21 heteroatoms. The zero-order chi connectivity index (χ0) is 51.9. The van der Waals surface area contributed by atoms with Crippen LogP contribution in [0.4, 0.5) is 4.39 Å². The van der Waals surface area contributed by atoms with Crippen LogP contribution in [0.3, 0.4) is 0 Å². The number of aliphatic imine (C=N–C) groups is 1. The van der Waals surface area contributed by atoms with Crippen LogP contribution in [0.2, 0.25) is 5.02 Å². The minimum atomic E-state index is -1.21. The van der Waals surface area contributed by atoms with E-state index < -0.39 is 42.7 Å². The van der Waals surface area contributed by atoms with Crippen LogP contribution in [0, 0.1) is 38.4 Å². The van der Waals surface area contributed by atoms with E-state index in [0.717, 1.165) is 51.6 Å². The number of aliphatic carboxylic acids is 1. The molecular weight excluding hydrogens is 987 g/mol. The Morgan fingerprint density at radius 2 is 1.59 bits per heavy atom. The van der Waals surface area contributed by atoms with Gasteiger partial charge in [0.2, 0.25) is 23.6 Å². The average Bonchev–Trinajstić information content (AvgIpc) is 4.13. The molecule has 1 aliphatic carbocycles. The van der Waals surface area contributed by atoms with Crippen molar-refractivity contribution in [1.82, 2.24) is 55.2 Å². The molecule has 1 saturated heterocycles. The summed E-state index contributed by atoms with van der Waals surface area (Å²) in [6.07, 6.45) is 5.94. The van der Waals surface area contributed by atoms with E-state index in [1.54, 1.807) is 46.1 Å². The van der Waals surface area contributed by atoms with Gasteiger partial charge in [-0.3, -0.25) is 42.9 Å². The number of fused-ring (bicyclic) bond motifs is 5. The highest BCUT2D eigenvalue weighted by atomic mass is 35.5. The number of carbonyl (C=O) groups is 5. The Hall–Kier alpha value is -7.32. The Balaban J connectivity index is 0.785.